The summed E-state index contributed by atoms with van der Waals surface area (Å²) >= 11 is 0. The van der Waals surface area contributed by atoms with Crippen LogP contribution in [0.2, 0.25) is 0 Å². The van der Waals surface area contributed by atoms with E-state index in [0.29, 0.717) is 19.1 Å². The van der Waals surface area contributed by atoms with Gasteiger partial charge in [0.15, 0.2) is 0 Å². The Morgan fingerprint density at radius 3 is 2.84 bits per heavy atom. The molecule has 0 radical (unpaired) electrons. The summed E-state index contributed by atoms with van der Waals surface area (Å²) in [6.07, 6.45) is 10.4. The molecule has 1 amide bonds. The van der Waals surface area contributed by atoms with Crippen LogP contribution in [0, 0.1) is 0 Å². The molecule has 5 heteroatoms. The fourth-order valence-electron chi connectivity index (χ4n) is 4.98. The summed E-state index contributed by atoms with van der Waals surface area (Å²) < 4.78 is 7.75. The number of carbonyl (C=O) groups is 1. The maximum absolute atomic E-state index is 12.6. The van der Waals surface area contributed by atoms with Crippen molar-refractivity contribution < 1.29 is 9.21 Å². The van der Waals surface area contributed by atoms with Crippen LogP contribution in [0.5, 0.6) is 0 Å². The molecule has 4 aromatic rings. The van der Waals surface area contributed by atoms with Gasteiger partial charge in [-0.1, -0.05) is 49.6 Å². The monoisotopic (exact) mass is 429 g/mol. The van der Waals surface area contributed by atoms with Gasteiger partial charge in [-0.05, 0) is 49.0 Å². The Kier molecular flexibility index (Phi) is 5.99. The summed E-state index contributed by atoms with van der Waals surface area (Å²) in [4.78, 5) is 15.0. The van der Waals surface area contributed by atoms with Gasteiger partial charge in [-0.25, -0.2) is 0 Å². The Hall–Kier alpha value is -3.05. The third kappa shape index (κ3) is 4.30. The number of para-hydroxylation sites is 1. The van der Waals surface area contributed by atoms with Crippen molar-refractivity contribution in [2.75, 3.05) is 20.1 Å². The van der Waals surface area contributed by atoms with Crippen molar-refractivity contribution in [2.24, 2.45) is 0 Å². The van der Waals surface area contributed by atoms with Crippen LogP contribution in [0.4, 0.5) is 0 Å². The van der Waals surface area contributed by atoms with Crippen LogP contribution in [-0.2, 0) is 11.3 Å². The highest BCUT2D eigenvalue weighted by molar-refractivity contribution is 5.96. The Labute approximate surface area is 189 Å². The van der Waals surface area contributed by atoms with Crippen LogP contribution in [-0.4, -0.2) is 41.6 Å². The first kappa shape index (κ1) is 20.8. The number of amides is 1. The molecular formula is C27H31N3O2. The third-order valence-electron chi connectivity index (χ3n) is 6.86. The molecule has 1 fully saturated rings. The molecule has 2 heterocycles. The van der Waals surface area contributed by atoms with E-state index in [0.717, 1.165) is 39.5 Å². The van der Waals surface area contributed by atoms with E-state index in [1.54, 1.807) is 0 Å². The van der Waals surface area contributed by atoms with E-state index in [9.17, 15) is 4.79 Å². The Morgan fingerprint density at radius 2 is 1.97 bits per heavy atom. The Balaban J connectivity index is 1.25. The van der Waals surface area contributed by atoms with Gasteiger partial charge in [-0.15, -0.1) is 0 Å². The molecule has 5 rings (SSSR count). The van der Waals surface area contributed by atoms with Gasteiger partial charge in [0.2, 0.25) is 5.91 Å². The second-order valence-electron chi connectivity index (χ2n) is 8.99. The van der Waals surface area contributed by atoms with E-state index >= 15 is 0 Å². The van der Waals surface area contributed by atoms with Gasteiger partial charge in [0.1, 0.15) is 12.1 Å². The second-order valence-corrected chi connectivity index (χ2v) is 8.99. The first-order chi connectivity index (χ1) is 15.7. The molecule has 0 spiro atoms. The highest BCUT2D eigenvalue weighted by Crippen LogP contribution is 2.32. The minimum atomic E-state index is 0.0544. The first-order valence-electron chi connectivity index (χ1n) is 11.7. The smallest absolute Gasteiger partial charge is 0.239 e. The van der Waals surface area contributed by atoms with Crippen molar-refractivity contribution >= 4 is 27.8 Å². The minimum absolute atomic E-state index is 0.0544. The van der Waals surface area contributed by atoms with Gasteiger partial charge in [0, 0.05) is 41.8 Å². The average molecular weight is 430 g/mol. The van der Waals surface area contributed by atoms with E-state index < -0.39 is 0 Å². The van der Waals surface area contributed by atoms with E-state index in [4.69, 9.17) is 4.42 Å². The molecule has 32 heavy (non-hydrogen) atoms. The van der Waals surface area contributed by atoms with Crippen molar-refractivity contribution in [3.8, 4) is 11.1 Å². The number of hydrogen-bond donors (Lipinski definition) is 1. The SMILES string of the molecule is CN(CCNC(=O)Cn1ccc2ccc(-c3coc4ccccc34)cc21)C1CCCCC1. The molecular weight excluding hydrogens is 398 g/mol. The zero-order chi connectivity index (χ0) is 21.9. The van der Waals surface area contributed by atoms with Crippen molar-refractivity contribution in [3.05, 3.63) is 61.0 Å². The van der Waals surface area contributed by atoms with Crippen molar-refractivity contribution in [1.29, 1.82) is 0 Å². The Morgan fingerprint density at radius 1 is 1.12 bits per heavy atom. The van der Waals surface area contributed by atoms with E-state index in [2.05, 4.69) is 47.6 Å². The van der Waals surface area contributed by atoms with Gasteiger partial charge in [0.05, 0.1) is 6.26 Å². The number of carbonyl (C=O) groups excluding carboxylic acids is 1. The van der Waals surface area contributed by atoms with Crippen LogP contribution >= 0.6 is 0 Å². The molecule has 0 unspecified atom stereocenters. The molecule has 0 aliphatic heterocycles. The lowest BCUT2D eigenvalue weighted by atomic mass is 9.94. The largest absolute Gasteiger partial charge is 0.464 e. The van der Waals surface area contributed by atoms with Crippen LogP contribution in [0.1, 0.15) is 32.1 Å². The fourth-order valence-corrected chi connectivity index (χ4v) is 4.98. The summed E-state index contributed by atoms with van der Waals surface area (Å²) in [5.41, 5.74) is 4.11. The molecule has 1 saturated carbocycles. The van der Waals surface area contributed by atoms with E-state index in [1.165, 1.54) is 32.1 Å². The van der Waals surface area contributed by atoms with E-state index in [1.807, 2.05) is 35.2 Å². The maximum Gasteiger partial charge on any atom is 0.239 e. The first-order valence-corrected chi connectivity index (χ1v) is 11.7. The quantitative estimate of drug-likeness (QED) is 0.426. The van der Waals surface area contributed by atoms with Gasteiger partial charge < -0.3 is 19.2 Å². The van der Waals surface area contributed by atoms with Gasteiger partial charge in [0.25, 0.3) is 0 Å². The Bertz CT molecular complexity index is 1220. The number of fused-ring (bicyclic) bond motifs is 2. The third-order valence-corrected chi connectivity index (χ3v) is 6.86. The van der Waals surface area contributed by atoms with Crippen molar-refractivity contribution in [1.82, 2.24) is 14.8 Å². The molecule has 1 N–H and O–H groups in total. The van der Waals surface area contributed by atoms with Gasteiger partial charge >= 0.3 is 0 Å². The number of benzene rings is 2. The highest BCUT2D eigenvalue weighted by atomic mass is 16.3. The zero-order valence-electron chi connectivity index (χ0n) is 18.7. The molecule has 0 saturated heterocycles. The maximum atomic E-state index is 12.6. The second kappa shape index (κ2) is 9.21. The predicted molar refractivity (Wildman–Crippen MR) is 130 cm³/mol. The molecule has 1 aliphatic carbocycles. The lowest BCUT2D eigenvalue weighted by Crippen LogP contribution is -2.40. The summed E-state index contributed by atoms with van der Waals surface area (Å²) in [5, 5.41) is 5.34. The molecule has 0 atom stereocenters. The lowest BCUT2D eigenvalue weighted by molar-refractivity contribution is -0.121. The van der Waals surface area contributed by atoms with Crippen LogP contribution in [0.3, 0.4) is 0 Å². The number of rotatable bonds is 7. The molecule has 5 nitrogen and oxygen atoms in total. The van der Waals surface area contributed by atoms with Crippen molar-refractivity contribution in [2.45, 2.75) is 44.7 Å². The number of nitrogens with zero attached hydrogens (tertiary/aromatic N) is 2. The summed E-state index contributed by atoms with van der Waals surface area (Å²) in [6.45, 7) is 1.92. The molecule has 166 valence electrons. The number of likely N-dealkylation sites (N-methyl/N-ethyl adjacent to an activating group) is 1. The topological polar surface area (TPSA) is 50.4 Å². The van der Waals surface area contributed by atoms with E-state index in [-0.39, 0.29) is 5.91 Å². The summed E-state index contributed by atoms with van der Waals surface area (Å²) in [5.74, 6) is 0.0544. The minimum Gasteiger partial charge on any atom is -0.464 e. The zero-order valence-corrected chi connectivity index (χ0v) is 18.7. The summed E-state index contributed by atoms with van der Waals surface area (Å²) in [6, 6.07) is 17.2. The number of furan rings is 1. The van der Waals surface area contributed by atoms with Gasteiger partial charge in [-0.2, -0.15) is 0 Å². The number of aromatic nitrogens is 1. The average Bonchev–Trinajstić information content (AvgIpc) is 3.43. The van der Waals surface area contributed by atoms with Crippen LogP contribution in [0.25, 0.3) is 33.0 Å². The molecule has 0 bridgehead atoms. The highest BCUT2D eigenvalue weighted by Gasteiger charge is 2.17. The fraction of sp³-hybridized carbons (Fsp3) is 0.370. The van der Waals surface area contributed by atoms with Crippen LogP contribution in [0.15, 0.2) is 65.4 Å². The lowest BCUT2D eigenvalue weighted by Gasteiger charge is -2.31. The predicted octanol–water partition coefficient (Wildman–Crippen LogP) is 5.44. The molecule has 1 aliphatic rings. The van der Waals surface area contributed by atoms with Crippen molar-refractivity contribution in [3.63, 3.8) is 0 Å². The number of nitrogens with one attached hydrogen (secondary N) is 1. The van der Waals surface area contributed by atoms with Gasteiger partial charge in [-0.3, -0.25) is 4.79 Å². The van der Waals surface area contributed by atoms with Crippen LogP contribution < -0.4 is 5.32 Å². The normalized spacial score (nSPS) is 15.1. The molecule has 2 aromatic heterocycles. The standard InChI is InChI=1S/C27H31N3O2/c1-29(22-7-3-2-4-8-22)16-14-28-27(31)18-30-15-13-20-11-12-21(17-25(20)30)24-19-32-26-10-6-5-9-23(24)26/h5-6,9-13,15,17,19,22H,2-4,7-8,14,16,18H2,1H3,(H,28,31). The summed E-state index contributed by atoms with van der Waals surface area (Å²) in [7, 11) is 2.18. The molecule has 2 aromatic carbocycles. The number of hydrogen-bond acceptors (Lipinski definition) is 3.